The third-order valence-electron chi connectivity index (χ3n) is 5.62. The molecule has 0 saturated carbocycles. The van der Waals surface area contributed by atoms with Gasteiger partial charge in [0, 0.05) is 57.9 Å². The van der Waals surface area contributed by atoms with Crippen molar-refractivity contribution in [1.82, 2.24) is 14.9 Å². The molecule has 1 aromatic heterocycles. The Hall–Kier alpha value is -1.20. The van der Waals surface area contributed by atoms with Gasteiger partial charge in [0.1, 0.15) is 12.1 Å². The van der Waals surface area contributed by atoms with Gasteiger partial charge in [-0.1, -0.05) is 0 Å². The molecule has 2 saturated heterocycles. The summed E-state index contributed by atoms with van der Waals surface area (Å²) in [4.78, 5) is 14.4. The molecule has 0 spiro atoms. The minimum absolute atomic E-state index is 0.814. The van der Waals surface area contributed by atoms with E-state index in [2.05, 4.69) is 19.8 Å². The standard InChI is InChI=1S/C18H28N4O/c1-2-8-22(7-1)18-16-3-9-21(10-4-17(16)19-14-20-18)13-15-5-11-23-12-6-15/h14-15H,1-13H2. The highest BCUT2D eigenvalue weighted by molar-refractivity contribution is 5.50. The van der Waals surface area contributed by atoms with Gasteiger partial charge in [0.15, 0.2) is 0 Å². The molecule has 0 N–H and O–H groups in total. The highest BCUT2D eigenvalue weighted by Gasteiger charge is 2.24. The van der Waals surface area contributed by atoms with Gasteiger partial charge in [-0.25, -0.2) is 9.97 Å². The van der Waals surface area contributed by atoms with E-state index >= 15 is 0 Å². The number of nitrogens with zero attached hydrogens (tertiary/aromatic N) is 4. The fourth-order valence-electron chi connectivity index (χ4n) is 4.23. The molecular weight excluding hydrogens is 288 g/mol. The molecule has 0 atom stereocenters. The molecule has 0 bridgehead atoms. The highest BCUT2D eigenvalue weighted by atomic mass is 16.5. The van der Waals surface area contributed by atoms with Crippen molar-refractivity contribution < 1.29 is 4.74 Å². The summed E-state index contributed by atoms with van der Waals surface area (Å²) >= 11 is 0. The summed E-state index contributed by atoms with van der Waals surface area (Å²) in [5.41, 5.74) is 2.71. The van der Waals surface area contributed by atoms with Crippen molar-refractivity contribution in [3.05, 3.63) is 17.6 Å². The van der Waals surface area contributed by atoms with Gasteiger partial charge in [-0.3, -0.25) is 0 Å². The van der Waals surface area contributed by atoms with E-state index in [9.17, 15) is 0 Å². The molecule has 5 heteroatoms. The van der Waals surface area contributed by atoms with Crippen molar-refractivity contribution in [2.75, 3.05) is 50.8 Å². The third-order valence-corrected chi connectivity index (χ3v) is 5.62. The zero-order valence-electron chi connectivity index (χ0n) is 14.0. The van der Waals surface area contributed by atoms with E-state index in [0.29, 0.717) is 0 Å². The Morgan fingerprint density at radius 1 is 1.00 bits per heavy atom. The number of aromatic nitrogens is 2. The van der Waals surface area contributed by atoms with Crippen LogP contribution < -0.4 is 4.90 Å². The summed E-state index contributed by atoms with van der Waals surface area (Å²) in [6, 6.07) is 0. The smallest absolute Gasteiger partial charge is 0.135 e. The summed E-state index contributed by atoms with van der Waals surface area (Å²) in [5.74, 6) is 2.04. The lowest BCUT2D eigenvalue weighted by molar-refractivity contribution is 0.0530. The SMILES string of the molecule is c1nc2c(c(N3CCCC3)n1)CCN(CC1CCOCC1)CC2. The fourth-order valence-corrected chi connectivity index (χ4v) is 4.23. The first-order valence-electron chi connectivity index (χ1n) is 9.28. The average Bonchev–Trinajstić information content (AvgIpc) is 3.05. The molecule has 23 heavy (non-hydrogen) atoms. The predicted molar refractivity (Wildman–Crippen MR) is 90.9 cm³/mol. The zero-order valence-corrected chi connectivity index (χ0v) is 14.0. The molecule has 3 aliphatic heterocycles. The van der Waals surface area contributed by atoms with Gasteiger partial charge in [0.25, 0.3) is 0 Å². The van der Waals surface area contributed by atoms with Crippen molar-refractivity contribution in [1.29, 1.82) is 0 Å². The van der Waals surface area contributed by atoms with Crippen LogP contribution in [0.25, 0.3) is 0 Å². The van der Waals surface area contributed by atoms with Crippen LogP contribution in [0.4, 0.5) is 5.82 Å². The summed E-state index contributed by atoms with van der Waals surface area (Å²) in [6.07, 6.45) is 9.00. The maximum Gasteiger partial charge on any atom is 0.135 e. The minimum Gasteiger partial charge on any atom is -0.381 e. The van der Waals surface area contributed by atoms with Crippen LogP contribution >= 0.6 is 0 Å². The first kappa shape index (κ1) is 15.3. The molecule has 0 aromatic carbocycles. The van der Waals surface area contributed by atoms with E-state index in [0.717, 1.165) is 58.2 Å². The Morgan fingerprint density at radius 2 is 1.78 bits per heavy atom. The number of rotatable bonds is 3. The fraction of sp³-hybridized carbons (Fsp3) is 0.778. The van der Waals surface area contributed by atoms with Crippen LogP contribution in [0, 0.1) is 5.92 Å². The van der Waals surface area contributed by atoms with Gasteiger partial charge in [-0.15, -0.1) is 0 Å². The van der Waals surface area contributed by atoms with Gasteiger partial charge >= 0.3 is 0 Å². The maximum atomic E-state index is 5.49. The number of hydrogen-bond acceptors (Lipinski definition) is 5. The first-order chi connectivity index (χ1) is 11.4. The molecule has 2 fully saturated rings. The first-order valence-corrected chi connectivity index (χ1v) is 9.28. The number of hydrogen-bond donors (Lipinski definition) is 0. The van der Waals surface area contributed by atoms with E-state index < -0.39 is 0 Å². The molecule has 0 amide bonds. The Morgan fingerprint density at radius 3 is 2.61 bits per heavy atom. The lowest BCUT2D eigenvalue weighted by Gasteiger charge is -2.28. The Bertz CT molecular complexity index is 524. The molecular formula is C18H28N4O. The van der Waals surface area contributed by atoms with Gasteiger partial charge in [-0.2, -0.15) is 0 Å². The normalized spacial score (nSPS) is 23.7. The van der Waals surface area contributed by atoms with Crippen LogP contribution in [0.3, 0.4) is 0 Å². The van der Waals surface area contributed by atoms with E-state index in [1.54, 1.807) is 6.33 Å². The largest absolute Gasteiger partial charge is 0.381 e. The van der Waals surface area contributed by atoms with Crippen LogP contribution in [0.1, 0.15) is 36.9 Å². The summed E-state index contributed by atoms with van der Waals surface area (Å²) in [5, 5.41) is 0. The van der Waals surface area contributed by atoms with Gasteiger partial charge < -0.3 is 14.5 Å². The Kier molecular flexibility index (Phi) is 4.76. The monoisotopic (exact) mass is 316 g/mol. The van der Waals surface area contributed by atoms with Crippen molar-refractivity contribution in [2.45, 2.75) is 38.5 Å². The quantitative estimate of drug-likeness (QED) is 0.852. The second-order valence-electron chi connectivity index (χ2n) is 7.17. The van der Waals surface area contributed by atoms with Crippen LogP contribution in [-0.4, -0.2) is 60.8 Å². The number of fused-ring (bicyclic) bond motifs is 1. The second-order valence-corrected chi connectivity index (χ2v) is 7.17. The van der Waals surface area contributed by atoms with Crippen LogP contribution in [0.5, 0.6) is 0 Å². The maximum absolute atomic E-state index is 5.49. The van der Waals surface area contributed by atoms with E-state index in [4.69, 9.17) is 4.74 Å². The molecule has 0 aliphatic carbocycles. The Balaban J connectivity index is 1.44. The van der Waals surface area contributed by atoms with Gasteiger partial charge in [0.05, 0.1) is 5.69 Å². The molecule has 5 nitrogen and oxygen atoms in total. The van der Waals surface area contributed by atoms with Crippen LogP contribution in [0.2, 0.25) is 0 Å². The zero-order chi connectivity index (χ0) is 15.5. The molecule has 0 unspecified atom stereocenters. The number of anilines is 1. The van der Waals surface area contributed by atoms with Crippen molar-refractivity contribution in [3.63, 3.8) is 0 Å². The second kappa shape index (κ2) is 7.14. The molecule has 3 aliphatic rings. The van der Waals surface area contributed by atoms with Gasteiger partial charge in [0.2, 0.25) is 0 Å². The summed E-state index contributed by atoms with van der Waals surface area (Å²) < 4.78 is 5.49. The topological polar surface area (TPSA) is 41.5 Å². The third kappa shape index (κ3) is 3.50. The molecule has 1 aromatic rings. The molecule has 0 radical (unpaired) electrons. The van der Waals surface area contributed by atoms with E-state index in [-0.39, 0.29) is 0 Å². The molecule has 4 heterocycles. The van der Waals surface area contributed by atoms with Crippen LogP contribution in [0.15, 0.2) is 6.33 Å². The van der Waals surface area contributed by atoms with Crippen LogP contribution in [-0.2, 0) is 17.6 Å². The van der Waals surface area contributed by atoms with Gasteiger partial charge in [-0.05, 0) is 38.0 Å². The van der Waals surface area contributed by atoms with Crippen molar-refractivity contribution >= 4 is 5.82 Å². The predicted octanol–water partition coefficient (Wildman–Crippen LogP) is 1.90. The highest BCUT2D eigenvalue weighted by Crippen LogP contribution is 2.27. The molecule has 126 valence electrons. The lowest BCUT2D eigenvalue weighted by Crippen LogP contribution is -2.34. The van der Waals surface area contributed by atoms with Crippen molar-refractivity contribution in [3.8, 4) is 0 Å². The number of ether oxygens (including phenoxy) is 1. The summed E-state index contributed by atoms with van der Waals surface area (Å²) in [7, 11) is 0. The lowest BCUT2D eigenvalue weighted by atomic mass is 9.99. The molecule has 4 rings (SSSR count). The average molecular weight is 316 g/mol. The van der Waals surface area contributed by atoms with Crippen molar-refractivity contribution in [2.24, 2.45) is 5.92 Å². The van der Waals surface area contributed by atoms with E-state index in [1.165, 1.54) is 49.3 Å². The minimum atomic E-state index is 0.814. The van der Waals surface area contributed by atoms with E-state index in [1.807, 2.05) is 0 Å². The Labute approximate surface area is 139 Å². The summed E-state index contributed by atoms with van der Waals surface area (Å²) in [6.45, 7) is 7.74.